The van der Waals surface area contributed by atoms with Gasteiger partial charge in [0.15, 0.2) is 0 Å². The van der Waals surface area contributed by atoms with Crippen molar-refractivity contribution in [3.05, 3.63) is 41.8 Å². The molecule has 0 aliphatic carbocycles. The van der Waals surface area contributed by atoms with Gasteiger partial charge < -0.3 is 10.2 Å². The third-order valence-corrected chi connectivity index (χ3v) is 4.53. The van der Waals surface area contributed by atoms with Crippen LogP contribution in [0.3, 0.4) is 0 Å². The van der Waals surface area contributed by atoms with E-state index in [1.807, 2.05) is 36.0 Å². The molecule has 1 atom stereocenters. The molecule has 0 unspecified atom stereocenters. The molecular formula is C17H22ClN5O. The van der Waals surface area contributed by atoms with Gasteiger partial charge >= 0.3 is 0 Å². The van der Waals surface area contributed by atoms with Crippen LogP contribution < -0.4 is 10.2 Å². The molecule has 128 valence electrons. The number of anilines is 1. The number of aromatic nitrogens is 3. The summed E-state index contributed by atoms with van der Waals surface area (Å²) >= 11 is 5.87. The quantitative estimate of drug-likeness (QED) is 0.901. The maximum absolute atomic E-state index is 12.4. The highest BCUT2D eigenvalue weighted by Crippen LogP contribution is 2.22. The predicted molar refractivity (Wildman–Crippen MR) is 94.0 cm³/mol. The molecule has 3 heterocycles. The highest BCUT2D eigenvalue weighted by molar-refractivity contribution is 6.30. The molecule has 0 saturated carbocycles. The van der Waals surface area contributed by atoms with Crippen LogP contribution in [-0.2, 0) is 11.3 Å². The van der Waals surface area contributed by atoms with E-state index in [0.29, 0.717) is 11.6 Å². The summed E-state index contributed by atoms with van der Waals surface area (Å²) in [7, 11) is 0. The van der Waals surface area contributed by atoms with Gasteiger partial charge in [0, 0.05) is 43.6 Å². The molecule has 24 heavy (non-hydrogen) atoms. The van der Waals surface area contributed by atoms with Gasteiger partial charge in [-0.3, -0.25) is 9.48 Å². The number of amides is 1. The Kier molecular flexibility index (Phi) is 5.35. The van der Waals surface area contributed by atoms with E-state index in [1.54, 1.807) is 12.4 Å². The van der Waals surface area contributed by atoms with Gasteiger partial charge in [-0.15, -0.1) is 0 Å². The molecule has 1 fully saturated rings. The summed E-state index contributed by atoms with van der Waals surface area (Å²) in [6.45, 7) is 4.36. The van der Waals surface area contributed by atoms with Crippen LogP contribution in [0.4, 0.5) is 5.82 Å². The van der Waals surface area contributed by atoms with Crippen molar-refractivity contribution >= 4 is 23.3 Å². The van der Waals surface area contributed by atoms with Crippen molar-refractivity contribution in [2.24, 2.45) is 5.92 Å². The van der Waals surface area contributed by atoms with E-state index in [0.717, 1.165) is 31.7 Å². The molecule has 6 nitrogen and oxygen atoms in total. The molecule has 0 spiro atoms. The minimum atomic E-state index is 0.0633. The lowest BCUT2D eigenvalue weighted by molar-refractivity contribution is -0.126. The Balaban J connectivity index is 1.47. The van der Waals surface area contributed by atoms with E-state index in [2.05, 4.69) is 20.3 Å². The lowest BCUT2D eigenvalue weighted by Crippen LogP contribution is -2.44. The summed E-state index contributed by atoms with van der Waals surface area (Å²) in [6.07, 6.45) is 6.98. The first-order valence-electron chi connectivity index (χ1n) is 8.26. The zero-order chi connectivity index (χ0) is 16.9. The van der Waals surface area contributed by atoms with Gasteiger partial charge in [-0.25, -0.2) is 4.98 Å². The van der Waals surface area contributed by atoms with E-state index >= 15 is 0 Å². The number of hydrogen-bond donors (Lipinski definition) is 1. The lowest BCUT2D eigenvalue weighted by atomic mass is 9.95. The topological polar surface area (TPSA) is 63.1 Å². The number of pyridine rings is 1. The standard InChI is InChI=1S/C17H22ClN5O/c1-13(12-23-8-2-7-20-23)21-17(24)14-5-9-22(10-6-14)16-4-3-15(18)11-19-16/h2-4,7-8,11,13-14H,5-6,9-10,12H2,1H3,(H,21,24)/t13-/m0/s1. The number of piperidine rings is 1. The normalized spacial score (nSPS) is 16.8. The first kappa shape index (κ1) is 16.8. The first-order valence-corrected chi connectivity index (χ1v) is 8.64. The second-order valence-electron chi connectivity index (χ2n) is 6.23. The van der Waals surface area contributed by atoms with Gasteiger partial charge in [0.2, 0.25) is 5.91 Å². The number of rotatable bonds is 5. The van der Waals surface area contributed by atoms with Crippen molar-refractivity contribution in [1.29, 1.82) is 0 Å². The van der Waals surface area contributed by atoms with Crippen LogP contribution in [-0.4, -0.2) is 39.8 Å². The van der Waals surface area contributed by atoms with E-state index in [-0.39, 0.29) is 17.9 Å². The molecule has 3 rings (SSSR count). The molecular weight excluding hydrogens is 326 g/mol. The fourth-order valence-electron chi connectivity index (χ4n) is 3.02. The zero-order valence-corrected chi connectivity index (χ0v) is 14.5. The maximum Gasteiger partial charge on any atom is 0.223 e. The second-order valence-corrected chi connectivity index (χ2v) is 6.67. The number of nitrogens with one attached hydrogen (secondary N) is 1. The monoisotopic (exact) mass is 347 g/mol. The van der Waals surface area contributed by atoms with Crippen molar-refractivity contribution in [2.75, 3.05) is 18.0 Å². The van der Waals surface area contributed by atoms with E-state index < -0.39 is 0 Å². The van der Waals surface area contributed by atoms with Crippen LogP contribution in [0.5, 0.6) is 0 Å². The number of nitrogens with zero attached hydrogens (tertiary/aromatic N) is 4. The molecule has 2 aromatic heterocycles. The average molecular weight is 348 g/mol. The third-order valence-electron chi connectivity index (χ3n) is 4.31. The number of hydrogen-bond acceptors (Lipinski definition) is 4. The molecule has 1 saturated heterocycles. The van der Waals surface area contributed by atoms with E-state index in [9.17, 15) is 4.79 Å². The number of carbonyl (C=O) groups excluding carboxylic acids is 1. The van der Waals surface area contributed by atoms with Crippen molar-refractivity contribution < 1.29 is 4.79 Å². The maximum atomic E-state index is 12.4. The molecule has 1 aliphatic rings. The Labute approximate surface area is 146 Å². The fourth-order valence-corrected chi connectivity index (χ4v) is 3.13. The highest BCUT2D eigenvalue weighted by Gasteiger charge is 2.26. The van der Waals surface area contributed by atoms with Crippen LogP contribution in [0.1, 0.15) is 19.8 Å². The van der Waals surface area contributed by atoms with Crippen molar-refractivity contribution in [2.45, 2.75) is 32.4 Å². The Morgan fingerprint density at radius 1 is 1.42 bits per heavy atom. The van der Waals surface area contributed by atoms with Crippen LogP contribution in [0.2, 0.25) is 5.02 Å². The number of carbonyl (C=O) groups is 1. The summed E-state index contributed by atoms with van der Waals surface area (Å²) in [5, 5.41) is 7.90. The smallest absolute Gasteiger partial charge is 0.223 e. The summed E-state index contributed by atoms with van der Waals surface area (Å²) in [4.78, 5) is 19.0. The predicted octanol–water partition coefficient (Wildman–Crippen LogP) is 2.35. The molecule has 7 heteroatoms. The zero-order valence-electron chi connectivity index (χ0n) is 13.7. The first-order chi connectivity index (χ1) is 11.6. The van der Waals surface area contributed by atoms with Gasteiger partial charge in [-0.1, -0.05) is 11.6 Å². The lowest BCUT2D eigenvalue weighted by Gasteiger charge is -2.32. The highest BCUT2D eigenvalue weighted by atomic mass is 35.5. The van der Waals surface area contributed by atoms with Gasteiger partial charge in [0.05, 0.1) is 11.6 Å². The third kappa shape index (κ3) is 4.26. The van der Waals surface area contributed by atoms with E-state index in [1.165, 1.54) is 0 Å². The minimum Gasteiger partial charge on any atom is -0.357 e. The molecule has 0 radical (unpaired) electrons. The number of halogens is 1. The summed E-state index contributed by atoms with van der Waals surface area (Å²) in [5.74, 6) is 1.12. The second kappa shape index (κ2) is 7.66. The average Bonchev–Trinajstić information content (AvgIpc) is 3.08. The van der Waals surface area contributed by atoms with Crippen molar-refractivity contribution in [3.63, 3.8) is 0 Å². The summed E-state index contributed by atoms with van der Waals surface area (Å²) in [5.41, 5.74) is 0. The molecule has 1 aliphatic heterocycles. The van der Waals surface area contributed by atoms with Crippen LogP contribution in [0.25, 0.3) is 0 Å². The van der Waals surface area contributed by atoms with Crippen molar-refractivity contribution in [3.8, 4) is 0 Å². The summed E-state index contributed by atoms with van der Waals surface area (Å²) < 4.78 is 1.83. The largest absolute Gasteiger partial charge is 0.357 e. The van der Waals surface area contributed by atoms with Crippen LogP contribution in [0.15, 0.2) is 36.8 Å². The van der Waals surface area contributed by atoms with Gasteiger partial charge in [0.1, 0.15) is 5.82 Å². The minimum absolute atomic E-state index is 0.0633. The molecule has 0 bridgehead atoms. The van der Waals surface area contributed by atoms with E-state index in [4.69, 9.17) is 11.6 Å². The van der Waals surface area contributed by atoms with Gasteiger partial charge in [-0.05, 0) is 38.0 Å². The molecule has 0 aromatic carbocycles. The fraction of sp³-hybridized carbons (Fsp3) is 0.471. The van der Waals surface area contributed by atoms with Crippen LogP contribution >= 0.6 is 11.6 Å². The SMILES string of the molecule is C[C@@H](Cn1cccn1)NC(=O)C1CCN(c2ccc(Cl)cn2)CC1. The van der Waals surface area contributed by atoms with Crippen molar-refractivity contribution in [1.82, 2.24) is 20.1 Å². The summed E-state index contributed by atoms with van der Waals surface area (Å²) in [6, 6.07) is 5.72. The molecule has 2 aromatic rings. The molecule has 1 amide bonds. The van der Waals surface area contributed by atoms with Gasteiger partial charge in [-0.2, -0.15) is 5.10 Å². The Morgan fingerprint density at radius 2 is 2.21 bits per heavy atom. The Morgan fingerprint density at radius 3 is 2.83 bits per heavy atom. The Bertz CT molecular complexity index is 650. The van der Waals surface area contributed by atoms with Gasteiger partial charge in [0.25, 0.3) is 0 Å². The molecule has 1 N–H and O–H groups in total. The van der Waals surface area contributed by atoms with Crippen LogP contribution in [0, 0.1) is 5.92 Å². The Hall–Kier alpha value is -2.08.